The van der Waals surface area contributed by atoms with Crippen molar-refractivity contribution in [3.8, 4) is 0 Å². The van der Waals surface area contributed by atoms with Gasteiger partial charge in [-0.15, -0.1) is 0 Å². The Kier molecular flexibility index (Phi) is 10.1. The van der Waals surface area contributed by atoms with E-state index < -0.39 is 16.0 Å². The van der Waals surface area contributed by atoms with Crippen LogP contribution in [0, 0.1) is 0 Å². The Morgan fingerprint density at radius 2 is 1.76 bits per heavy atom. The van der Waals surface area contributed by atoms with Gasteiger partial charge in [-0.05, 0) is 80.5 Å². The summed E-state index contributed by atoms with van der Waals surface area (Å²) in [6, 6.07) is 20.2. The van der Waals surface area contributed by atoms with Crippen LogP contribution in [0.5, 0.6) is 0 Å². The number of fused-ring (bicyclic) bond motifs is 1. The number of rotatable bonds is 13. The van der Waals surface area contributed by atoms with Crippen LogP contribution in [0.15, 0.2) is 71.2 Å². The van der Waals surface area contributed by atoms with E-state index in [0.29, 0.717) is 54.3 Å². The maximum Gasteiger partial charge on any atom is 0.303 e. The number of hydrogen-bond donors (Lipinski definition) is 3. The molecular weight excluding hydrogens is 620 g/mol. The fourth-order valence-corrected chi connectivity index (χ4v) is 6.65. The summed E-state index contributed by atoms with van der Waals surface area (Å²) in [4.78, 5) is 26.4. The van der Waals surface area contributed by atoms with Crippen molar-refractivity contribution in [1.82, 2.24) is 4.90 Å². The molecule has 3 aromatic carbocycles. The van der Waals surface area contributed by atoms with Gasteiger partial charge in [0.1, 0.15) is 0 Å². The van der Waals surface area contributed by atoms with Gasteiger partial charge in [-0.3, -0.25) is 13.9 Å². The van der Waals surface area contributed by atoms with Crippen molar-refractivity contribution in [2.45, 2.75) is 26.2 Å². The molecule has 1 amide bonds. The highest BCUT2D eigenvalue weighted by atomic mass is 79.9. The number of sulfonamides is 1. The molecule has 9 nitrogen and oxygen atoms in total. The fourth-order valence-electron chi connectivity index (χ4n) is 4.75. The number of nitrogens with zero attached hydrogens (tertiary/aromatic N) is 2. The summed E-state index contributed by atoms with van der Waals surface area (Å²) < 4.78 is 28.4. The number of likely N-dealkylation sites (N-methyl/N-ethyl adjacent to an activating group) is 1. The first-order valence-electron chi connectivity index (χ1n) is 13.7. The molecule has 0 atom stereocenters. The third-order valence-corrected chi connectivity index (χ3v) is 9.27. The smallest absolute Gasteiger partial charge is 0.303 e. The molecule has 0 saturated carbocycles. The number of carbonyl (C=O) groups excluding carboxylic acids is 1. The molecule has 0 aliphatic carbocycles. The summed E-state index contributed by atoms with van der Waals surface area (Å²) in [6.45, 7) is 2.74. The number of amides is 1. The van der Waals surface area contributed by atoms with Crippen LogP contribution in [-0.4, -0.2) is 63.2 Å². The van der Waals surface area contributed by atoms with Crippen molar-refractivity contribution in [2.75, 3.05) is 47.9 Å². The van der Waals surface area contributed by atoms with Crippen LogP contribution in [0.25, 0.3) is 11.3 Å². The highest BCUT2D eigenvalue weighted by molar-refractivity contribution is 9.10. The number of benzene rings is 3. The average molecular weight is 656 g/mol. The second kappa shape index (κ2) is 13.5. The largest absolute Gasteiger partial charge is 0.481 e. The van der Waals surface area contributed by atoms with E-state index in [-0.39, 0.29) is 18.1 Å². The summed E-state index contributed by atoms with van der Waals surface area (Å²) >= 11 is 3.46. The lowest BCUT2D eigenvalue weighted by atomic mass is 9.98. The standard InChI is InChI=1S/C31H35BrN4O5S/c1-4-18-42(40,41)36(17-16-35(2)3)25-12-10-24(11-13-25)33-30(22-7-5-6-21(19-22)8-15-28(37)38)29-26-14-9-23(32)20-27(26)34-31(29)39/h5-7,9-14,19-20,33H,4,8,15-18H2,1-3H3,(H,34,39)(H,37,38)/b30-29-. The minimum Gasteiger partial charge on any atom is -0.481 e. The molecule has 0 aromatic heterocycles. The summed E-state index contributed by atoms with van der Waals surface area (Å²) in [5.74, 6) is -1.09. The van der Waals surface area contributed by atoms with Crippen molar-refractivity contribution >= 4 is 66.2 Å². The monoisotopic (exact) mass is 654 g/mol. The Hall–Kier alpha value is -3.67. The number of carboxylic acid groups (broad SMARTS) is 1. The van der Waals surface area contributed by atoms with E-state index in [9.17, 15) is 18.0 Å². The van der Waals surface area contributed by atoms with Crippen molar-refractivity contribution in [1.29, 1.82) is 0 Å². The van der Waals surface area contributed by atoms with E-state index in [2.05, 4.69) is 26.6 Å². The van der Waals surface area contributed by atoms with Gasteiger partial charge in [0.25, 0.3) is 5.91 Å². The Balaban J connectivity index is 1.75. The molecule has 1 aliphatic heterocycles. The van der Waals surface area contributed by atoms with E-state index in [1.807, 2.05) is 68.4 Å². The number of halogens is 1. The van der Waals surface area contributed by atoms with Crippen molar-refractivity contribution in [3.63, 3.8) is 0 Å². The van der Waals surface area contributed by atoms with Crippen LogP contribution in [0.2, 0.25) is 0 Å². The minimum atomic E-state index is -3.50. The molecule has 0 saturated heterocycles. The molecule has 222 valence electrons. The van der Waals surface area contributed by atoms with Gasteiger partial charge >= 0.3 is 5.97 Å². The highest BCUT2D eigenvalue weighted by Crippen LogP contribution is 2.39. The van der Waals surface area contributed by atoms with Gasteiger partial charge in [0.05, 0.1) is 28.4 Å². The predicted molar refractivity (Wildman–Crippen MR) is 172 cm³/mol. The zero-order chi connectivity index (χ0) is 30.4. The topological polar surface area (TPSA) is 119 Å². The maximum atomic E-state index is 13.3. The molecule has 3 N–H and O–H groups in total. The first kappa shape index (κ1) is 31.3. The van der Waals surface area contributed by atoms with Crippen LogP contribution in [0.1, 0.15) is 36.5 Å². The lowest BCUT2D eigenvalue weighted by molar-refractivity contribution is -0.137. The Morgan fingerprint density at radius 3 is 2.43 bits per heavy atom. The van der Waals surface area contributed by atoms with E-state index >= 15 is 0 Å². The molecule has 0 unspecified atom stereocenters. The van der Waals surface area contributed by atoms with Gasteiger partial charge in [0.15, 0.2) is 0 Å². The Labute approximate surface area is 255 Å². The number of aliphatic carboxylic acids is 1. The molecule has 42 heavy (non-hydrogen) atoms. The fraction of sp³-hybridized carbons (Fsp3) is 0.290. The zero-order valence-corrected chi connectivity index (χ0v) is 26.3. The quantitative estimate of drug-likeness (QED) is 0.208. The number of nitrogens with one attached hydrogen (secondary N) is 2. The van der Waals surface area contributed by atoms with E-state index in [1.165, 1.54) is 4.31 Å². The Bertz CT molecular complexity index is 1600. The highest BCUT2D eigenvalue weighted by Gasteiger charge is 2.29. The maximum absolute atomic E-state index is 13.3. The molecule has 4 rings (SSSR count). The summed E-state index contributed by atoms with van der Waals surface area (Å²) in [7, 11) is 0.309. The van der Waals surface area contributed by atoms with E-state index in [0.717, 1.165) is 21.2 Å². The molecular formula is C31H35BrN4O5S. The van der Waals surface area contributed by atoms with Gasteiger partial charge in [0, 0.05) is 35.2 Å². The van der Waals surface area contributed by atoms with Crippen LogP contribution >= 0.6 is 15.9 Å². The first-order valence-corrected chi connectivity index (χ1v) is 16.1. The zero-order valence-electron chi connectivity index (χ0n) is 23.9. The number of carboxylic acids is 1. The minimum absolute atomic E-state index is 0.00709. The normalized spacial score (nSPS) is 14.0. The van der Waals surface area contributed by atoms with Gasteiger partial charge < -0.3 is 20.6 Å². The lowest BCUT2D eigenvalue weighted by Gasteiger charge is -2.26. The average Bonchev–Trinajstić information content (AvgIpc) is 3.25. The number of carbonyl (C=O) groups is 2. The third-order valence-electron chi connectivity index (χ3n) is 6.79. The van der Waals surface area contributed by atoms with Gasteiger partial charge in [-0.1, -0.05) is 47.1 Å². The number of hydrogen-bond acceptors (Lipinski definition) is 6. The summed E-state index contributed by atoms with van der Waals surface area (Å²) in [5.41, 5.74) is 5.21. The Morgan fingerprint density at radius 1 is 1.02 bits per heavy atom. The molecule has 11 heteroatoms. The molecule has 3 aromatic rings. The summed E-state index contributed by atoms with van der Waals surface area (Å²) in [5, 5.41) is 15.5. The van der Waals surface area contributed by atoms with Crippen molar-refractivity contribution in [2.24, 2.45) is 0 Å². The van der Waals surface area contributed by atoms with Crippen molar-refractivity contribution in [3.05, 3.63) is 87.9 Å². The van der Waals surface area contributed by atoms with Crippen LogP contribution in [0.3, 0.4) is 0 Å². The number of aryl methyl sites for hydroxylation is 1. The van der Waals surface area contributed by atoms with Gasteiger partial charge in [0.2, 0.25) is 10.0 Å². The van der Waals surface area contributed by atoms with E-state index in [4.69, 9.17) is 5.11 Å². The first-order chi connectivity index (χ1) is 20.0. The second-order valence-corrected chi connectivity index (χ2v) is 13.3. The molecule has 0 radical (unpaired) electrons. The molecule has 0 fully saturated rings. The predicted octanol–water partition coefficient (Wildman–Crippen LogP) is 5.51. The second-order valence-electron chi connectivity index (χ2n) is 10.4. The molecule has 0 bridgehead atoms. The van der Waals surface area contributed by atoms with Crippen molar-refractivity contribution < 1.29 is 23.1 Å². The number of anilines is 3. The molecule has 1 heterocycles. The van der Waals surface area contributed by atoms with Gasteiger partial charge in [-0.2, -0.15) is 0 Å². The summed E-state index contributed by atoms with van der Waals surface area (Å²) in [6.07, 6.45) is 0.862. The van der Waals surface area contributed by atoms with E-state index in [1.54, 1.807) is 24.3 Å². The SMILES string of the molecule is CCCS(=O)(=O)N(CCN(C)C)c1ccc(N/C(=C2\C(=O)Nc3cc(Br)ccc32)c2cccc(CCC(=O)O)c2)cc1. The van der Waals surface area contributed by atoms with Gasteiger partial charge in [-0.25, -0.2) is 8.42 Å². The lowest BCUT2D eigenvalue weighted by Crippen LogP contribution is -2.38. The molecule has 0 spiro atoms. The third kappa shape index (κ3) is 7.58. The van der Waals surface area contributed by atoms with Crippen LogP contribution < -0.4 is 14.9 Å². The molecule has 1 aliphatic rings. The van der Waals surface area contributed by atoms with Crippen LogP contribution in [-0.2, 0) is 26.0 Å². The van der Waals surface area contributed by atoms with Crippen LogP contribution in [0.4, 0.5) is 17.1 Å².